The molecule has 0 aliphatic heterocycles. The minimum Gasteiger partial charge on any atom is -0.284 e. The normalized spacial score (nSPS) is 16.5. The van der Waals surface area contributed by atoms with Crippen LogP contribution in [0.5, 0.6) is 0 Å². The molecule has 136 valence electrons. The maximum atomic E-state index is 12.0. The fourth-order valence-corrected chi connectivity index (χ4v) is 5.15. The molecular formula is C12H10N6O6S2. The van der Waals surface area contributed by atoms with Gasteiger partial charge in [-0.2, -0.15) is 16.8 Å². The summed E-state index contributed by atoms with van der Waals surface area (Å²) >= 11 is 0. The van der Waals surface area contributed by atoms with Crippen LogP contribution in [0.3, 0.4) is 0 Å². The quantitative estimate of drug-likeness (QED) is 0.329. The average molecular weight is 398 g/mol. The minimum atomic E-state index is -5.43. The average Bonchev–Trinajstić information content (AvgIpc) is 2.54. The molecule has 0 bridgehead atoms. The molecule has 0 radical (unpaired) electrons. The number of hydrogen-bond donors (Lipinski definition) is 2. The smallest absolute Gasteiger partial charge is 0.284 e. The molecule has 0 atom stereocenters. The Morgan fingerprint density at radius 1 is 0.923 bits per heavy atom. The van der Waals surface area contributed by atoms with Crippen molar-refractivity contribution in [1.29, 1.82) is 0 Å². The molecule has 1 aromatic carbocycles. The maximum absolute atomic E-state index is 12.0. The third-order valence-corrected chi connectivity index (χ3v) is 7.27. The molecule has 0 amide bonds. The number of azide groups is 2. The molecule has 0 aromatic heterocycles. The van der Waals surface area contributed by atoms with Crippen molar-refractivity contribution < 1.29 is 25.9 Å². The molecule has 0 fully saturated rings. The lowest BCUT2D eigenvalue weighted by Crippen LogP contribution is -2.48. The van der Waals surface area contributed by atoms with E-state index < -0.39 is 36.3 Å². The van der Waals surface area contributed by atoms with Gasteiger partial charge in [0, 0.05) is 33.2 Å². The van der Waals surface area contributed by atoms with Crippen molar-refractivity contribution in [2.24, 2.45) is 10.2 Å². The fourth-order valence-electron chi connectivity index (χ4n) is 2.49. The summed E-state index contributed by atoms with van der Waals surface area (Å²) in [5.41, 5.74) is 16.3. The highest BCUT2D eigenvalue weighted by Crippen LogP contribution is 2.45. The van der Waals surface area contributed by atoms with Crippen LogP contribution in [0, 0.1) is 0 Å². The molecule has 1 aliphatic rings. The van der Waals surface area contributed by atoms with Gasteiger partial charge >= 0.3 is 0 Å². The third-order valence-electron chi connectivity index (χ3n) is 3.61. The Kier molecular flexibility index (Phi) is 5.09. The van der Waals surface area contributed by atoms with Crippen LogP contribution in [-0.4, -0.2) is 30.0 Å². The summed E-state index contributed by atoms with van der Waals surface area (Å²) in [6.45, 7) is 0. The van der Waals surface area contributed by atoms with Gasteiger partial charge in [-0.25, -0.2) is 0 Å². The summed E-state index contributed by atoms with van der Waals surface area (Å²) in [7, 11) is -10.9. The standard InChI is InChI=1S/C12H10N6O6S2/c13-17-15-9-3-1-8(2-4-9)11-6-5-10(16-18-14)7-12(11,25(19,20)21)26(22,23)24/h1-6H,7H2,(H,19,20,21)(H,22,23,24). The molecule has 1 aromatic rings. The highest BCUT2D eigenvalue weighted by atomic mass is 32.3. The Balaban J connectivity index is 2.83. The number of hydrogen-bond acceptors (Lipinski definition) is 6. The SMILES string of the molecule is [N-]=[N+]=NC1=CC=C(c2ccc(N=[N+]=[N-])cc2)C(S(=O)(=O)O)(S(=O)(=O)O)C1. The Labute approximate surface area is 147 Å². The zero-order valence-electron chi connectivity index (χ0n) is 12.7. The van der Waals surface area contributed by atoms with E-state index in [0.717, 1.165) is 12.2 Å². The van der Waals surface area contributed by atoms with Crippen LogP contribution in [0.1, 0.15) is 12.0 Å². The summed E-state index contributed by atoms with van der Waals surface area (Å²) in [6, 6.07) is 5.04. The maximum Gasteiger partial charge on any atom is 0.292 e. The van der Waals surface area contributed by atoms with Crippen molar-refractivity contribution >= 4 is 31.5 Å². The molecule has 0 unspecified atom stereocenters. The van der Waals surface area contributed by atoms with E-state index >= 15 is 0 Å². The van der Waals surface area contributed by atoms with Gasteiger partial charge in [-0.3, -0.25) is 9.11 Å². The Hall–Kier alpha value is -2.86. The van der Waals surface area contributed by atoms with Gasteiger partial charge in [-0.05, 0) is 16.6 Å². The van der Waals surface area contributed by atoms with Crippen molar-refractivity contribution in [3.63, 3.8) is 0 Å². The van der Waals surface area contributed by atoms with Gasteiger partial charge in [0.15, 0.2) is 0 Å². The Morgan fingerprint density at radius 2 is 1.46 bits per heavy atom. The van der Waals surface area contributed by atoms with E-state index in [9.17, 15) is 25.9 Å². The van der Waals surface area contributed by atoms with E-state index in [1.54, 1.807) is 0 Å². The first-order valence-corrected chi connectivity index (χ1v) is 9.51. The lowest BCUT2D eigenvalue weighted by molar-refractivity contribution is 0.438. The second-order valence-corrected chi connectivity index (χ2v) is 8.60. The summed E-state index contributed by atoms with van der Waals surface area (Å²) in [5.74, 6) is 0. The van der Waals surface area contributed by atoms with Gasteiger partial charge in [0.1, 0.15) is 0 Å². The van der Waals surface area contributed by atoms with Crippen molar-refractivity contribution in [3.05, 3.63) is 68.6 Å². The summed E-state index contributed by atoms with van der Waals surface area (Å²) < 4.78 is 64.1. The molecule has 0 saturated carbocycles. The predicted molar refractivity (Wildman–Crippen MR) is 90.9 cm³/mol. The van der Waals surface area contributed by atoms with Gasteiger partial charge in [-0.15, -0.1) is 0 Å². The zero-order valence-corrected chi connectivity index (χ0v) is 14.3. The molecule has 26 heavy (non-hydrogen) atoms. The Morgan fingerprint density at radius 3 is 1.92 bits per heavy atom. The van der Waals surface area contributed by atoms with Crippen LogP contribution in [0.4, 0.5) is 5.69 Å². The molecule has 14 heteroatoms. The van der Waals surface area contributed by atoms with Crippen LogP contribution in [0.25, 0.3) is 26.5 Å². The van der Waals surface area contributed by atoms with Gasteiger partial charge in [0.2, 0.25) is 0 Å². The molecule has 2 N–H and O–H groups in total. The van der Waals surface area contributed by atoms with E-state index in [0.29, 0.717) is 0 Å². The number of rotatable bonds is 5. The van der Waals surface area contributed by atoms with Crippen LogP contribution in [0.15, 0.2) is 52.3 Å². The van der Waals surface area contributed by atoms with E-state index in [4.69, 9.17) is 11.1 Å². The number of benzene rings is 1. The zero-order chi connectivity index (χ0) is 19.6. The highest BCUT2D eigenvalue weighted by molar-refractivity contribution is 8.06. The fraction of sp³-hybridized carbons (Fsp3) is 0.167. The second-order valence-electron chi connectivity index (χ2n) is 5.04. The monoisotopic (exact) mass is 398 g/mol. The van der Waals surface area contributed by atoms with E-state index in [2.05, 4.69) is 20.1 Å². The predicted octanol–water partition coefficient (Wildman–Crippen LogP) is 3.08. The van der Waals surface area contributed by atoms with Gasteiger partial charge in [0.05, 0.1) is 0 Å². The molecule has 0 spiro atoms. The molecule has 0 heterocycles. The first kappa shape index (κ1) is 19.5. The van der Waals surface area contributed by atoms with Gasteiger partial charge in [-0.1, -0.05) is 46.6 Å². The minimum absolute atomic E-state index is 0.00776. The van der Waals surface area contributed by atoms with Crippen LogP contribution in [-0.2, 0) is 20.2 Å². The van der Waals surface area contributed by atoms with E-state index in [1.165, 1.54) is 24.3 Å². The number of allylic oxidation sites excluding steroid dienone is 3. The third kappa shape index (κ3) is 3.28. The summed E-state index contributed by atoms with van der Waals surface area (Å²) in [6.07, 6.45) is 1.15. The first-order valence-electron chi connectivity index (χ1n) is 6.63. The van der Waals surface area contributed by atoms with E-state index in [1.807, 2.05) is 0 Å². The van der Waals surface area contributed by atoms with Crippen molar-refractivity contribution in [2.75, 3.05) is 0 Å². The summed E-state index contributed by atoms with van der Waals surface area (Å²) in [4.78, 5) is 5.02. The lowest BCUT2D eigenvalue weighted by atomic mass is 9.94. The molecule has 0 saturated heterocycles. The lowest BCUT2D eigenvalue weighted by Gasteiger charge is -2.32. The highest BCUT2D eigenvalue weighted by Gasteiger charge is 2.58. The van der Waals surface area contributed by atoms with Crippen molar-refractivity contribution in [3.8, 4) is 0 Å². The topological polar surface area (TPSA) is 206 Å². The molecular weight excluding hydrogens is 388 g/mol. The second kappa shape index (κ2) is 6.80. The van der Waals surface area contributed by atoms with Crippen LogP contribution >= 0.6 is 0 Å². The first-order chi connectivity index (χ1) is 12.1. The molecule has 12 nitrogen and oxygen atoms in total. The number of nitrogens with zero attached hydrogens (tertiary/aromatic N) is 6. The largest absolute Gasteiger partial charge is 0.292 e. The Bertz CT molecular complexity index is 1080. The molecule has 2 rings (SSSR count). The van der Waals surface area contributed by atoms with Crippen molar-refractivity contribution in [1.82, 2.24) is 0 Å². The molecule has 1 aliphatic carbocycles. The van der Waals surface area contributed by atoms with Gasteiger partial charge in [0.25, 0.3) is 24.3 Å². The van der Waals surface area contributed by atoms with Crippen molar-refractivity contribution in [2.45, 2.75) is 10.5 Å². The van der Waals surface area contributed by atoms with Crippen LogP contribution < -0.4 is 0 Å². The summed E-state index contributed by atoms with van der Waals surface area (Å²) in [5, 5.41) is 6.49. The van der Waals surface area contributed by atoms with E-state index in [-0.39, 0.29) is 16.9 Å². The van der Waals surface area contributed by atoms with Gasteiger partial charge < -0.3 is 0 Å². The van der Waals surface area contributed by atoms with Crippen LogP contribution in [0.2, 0.25) is 0 Å².